The third-order valence-electron chi connectivity index (χ3n) is 6.25. The van der Waals surface area contributed by atoms with Gasteiger partial charge in [0.2, 0.25) is 0 Å². The third-order valence-corrected chi connectivity index (χ3v) is 6.25. The van der Waals surface area contributed by atoms with Crippen molar-refractivity contribution < 1.29 is 41.7 Å². The lowest BCUT2D eigenvalue weighted by molar-refractivity contribution is -0.135. The van der Waals surface area contributed by atoms with Crippen LogP contribution in [-0.4, -0.2) is 42.9 Å². The number of amides is 1. The van der Waals surface area contributed by atoms with Crippen molar-refractivity contribution in [3.05, 3.63) is 100 Å². The average Bonchev–Trinajstić information content (AvgIpc) is 2.92. The Morgan fingerprint density at radius 2 is 1.61 bits per heavy atom. The van der Waals surface area contributed by atoms with Gasteiger partial charge in [0.1, 0.15) is 25.6 Å². The van der Waals surface area contributed by atoms with Gasteiger partial charge in [-0.15, -0.1) is 0 Å². The van der Waals surface area contributed by atoms with E-state index in [0.29, 0.717) is 41.4 Å². The van der Waals surface area contributed by atoms with E-state index in [0.717, 1.165) is 11.6 Å². The number of carbonyl (C=O) groups excluding carboxylic acids is 1. The molecule has 10 heteroatoms. The largest absolute Gasteiger partial charge is 0.486 e. The Bertz CT molecular complexity index is 1470. The van der Waals surface area contributed by atoms with Crippen LogP contribution in [-0.2, 0) is 4.79 Å². The van der Waals surface area contributed by atoms with Crippen molar-refractivity contribution >= 4 is 29.1 Å². The van der Waals surface area contributed by atoms with Crippen molar-refractivity contribution in [1.82, 2.24) is 5.32 Å². The minimum absolute atomic E-state index is 0.0913. The third kappa shape index (κ3) is 7.33. The summed E-state index contributed by atoms with van der Waals surface area (Å²) >= 11 is 0. The predicted octanol–water partition coefficient (Wildman–Crippen LogP) is 6.85. The summed E-state index contributed by atoms with van der Waals surface area (Å²) in [7, 11) is 0. The van der Waals surface area contributed by atoms with Gasteiger partial charge in [-0.2, -0.15) is 13.2 Å². The van der Waals surface area contributed by atoms with Crippen LogP contribution in [0, 0.1) is 19.7 Å². The molecule has 0 unspecified atom stereocenters. The van der Waals surface area contributed by atoms with Gasteiger partial charge in [0.15, 0.2) is 11.5 Å². The maximum Gasteiger partial charge on any atom is 0.417 e. The Labute approximate surface area is 234 Å². The molecule has 0 saturated carbocycles. The molecule has 1 amide bonds. The molecule has 3 aromatic carbocycles. The first-order valence-corrected chi connectivity index (χ1v) is 12.5. The van der Waals surface area contributed by atoms with Gasteiger partial charge in [0.25, 0.3) is 5.91 Å². The fraction of sp³-hybridized carbons (Fsp3) is 0.226. The number of hydrogen-bond donors (Lipinski definition) is 2. The number of nitrogens with one attached hydrogen (secondary N) is 1. The maximum absolute atomic E-state index is 14.0. The summed E-state index contributed by atoms with van der Waals surface area (Å²) in [6.45, 7) is 8.69. The predicted molar refractivity (Wildman–Crippen MR) is 148 cm³/mol. The molecule has 0 aliphatic carbocycles. The number of alkyl halides is 3. The number of carboxylic acids is 1. The summed E-state index contributed by atoms with van der Waals surface area (Å²) in [5.41, 5.74) is 1.49. The minimum atomic E-state index is -4.53. The van der Waals surface area contributed by atoms with E-state index in [9.17, 15) is 27.2 Å². The Balaban J connectivity index is 0.000000263. The number of fused-ring (bicyclic) bond motifs is 1. The summed E-state index contributed by atoms with van der Waals surface area (Å²) in [6.07, 6.45) is -3.10. The molecule has 0 bridgehead atoms. The van der Waals surface area contributed by atoms with Gasteiger partial charge in [-0.1, -0.05) is 61.2 Å². The number of aryl methyl sites for hydroxylation is 2. The number of carboxylic acid groups (broad SMARTS) is 1. The molecular formula is C31H29F4NO5. The van der Waals surface area contributed by atoms with Crippen LogP contribution in [0.25, 0.3) is 17.2 Å². The van der Waals surface area contributed by atoms with Crippen LogP contribution < -0.4 is 14.8 Å². The van der Waals surface area contributed by atoms with Gasteiger partial charge in [-0.3, -0.25) is 9.59 Å². The molecule has 1 aliphatic heterocycles. The fourth-order valence-electron chi connectivity index (χ4n) is 4.33. The first kappa shape index (κ1) is 30.9. The van der Waals surface area contributed by atoms with Crippen molar-refractivity contribution in [2.45, 2.75) is 26.9 Å². The van der Waals surface area contributed by atoms with Crippen molar-refractivity contribution in [3.63, 3.8) is 0 Å². The fourth-order valence-corrected chi connectivity index (χ4v) is 4.33. The molecule has 41 heavy (non-hydrogen) atoms. The van der Waals surface area contributed by atoms with E-state index in [2.05, 4.69) is 11.9 Å². The highest BCUT2D eigenvalue weighted by Gasteiger charge is 2.38. The Morgan fingerprint density at radius 1 is 0.951 bits per heavy atom. The van der Waals surface area contributed by atoms with Crippen LogP contribution >= 0.6 is 0 Å². The molecule has 0 spiro atoms. The first-order chi connectivity index (χ1) is 19.4. The normalized spacial score (nSPS) is 12.9. The molecule has 3 aromatic rings. The molecule has 6 nitrogen and oxygen atoms in total. The number of aliphatic carboxylic acids is 1. The lowest BCUT2D eigenvalue weighted by Gasteiger charge is -2.25. The smallest absolute Gasteiger partial charge is 0.417 e. The van der Waals surface area contributed by atoms with Gasteiger partial charge >= 0.3 is 12.1 Å². The molecule has 0 saturated heterocycles. The second kappa shape index (κ2) is 13.2. The number of rotatable bonds is 6. The summed E-state index contributed by atoms with van der Waals surface area (Å²) in [4.78, 5) is 21.6. The van der Waals surface area contributed by atoms with E-state index in [-0.39, 0.29) is 16.7 Å². The summed E-state index contributed by atoms with van der Waals surface area (Å²) < 4.78 is 66.5. The quantitative estimate of drug-likeness (QED) is 0.250. The molecule has 0 aromatic heterocycles. The van der Waals surface area contributed by atoms with E-state index in [4.69, 9.17) is 14.6 Å². The van der Waals surface area contributed by atoms with Crippen molar-refractivity contribution in [3.8, 4) is 11.5 Å². The van der Waals surface area contributed by atoms with E-state index in [1.807, 2.05) is 6.92 Å². The van der Waals surface area contributed by atoms with Crippen LogP contribution in [0.2, 0.25) is 0 Å². The lowest BCUT2D eigenvalue weighted by Crippen LogP contribution is -2.30. The second-order valence-electron chi connectivity index (χ2n) is 9.08. The summed E-state index contributed by atoms with van der Waals surface area (Å²) in [6, 6.07) is 14.0. The molecule has 216 valence electrons. The van der Waals surface area contributed by atoms with Gasteiger partial charge in [0, 0.05) is 5.56 Å². The zero-order chi connectivity index (χ0) is 30.3. The number of allylic oxidation sites excluding steroid dienone is 2. The van der Waals surface area contributed by atoms with Crippen LogP contribution in [0.1, 0.15) is 45.1 Å². The van der Waals surface area contributed by atoms with E-state index in [1.165, 1.54) is 25.1 Å². The van der Waals surface area contributed by atoms with Gasteiger partial charge in [0.05, 0.1) is 11.1 Å². The van der Waals surface area contributed by atoms with Crippen LogP contribution in [0.15, 0.2) is 61.2 Å². The lowest BCUT2D eigenvalue weighted by atomic mass is 9.91. The van der Waals surface area contributed by atoms with Crippen LogP contribution in [0.3, 0.4) is 0 Å². The van der Waals surface area contributed by atoms with E-state index in [1.54, 1.807) is 43.3 Å². The van der Waals surface area contributed by atoms with Gasteiger partial charge in [-0.25, -0.2) is 4.39 Å². The molecule has 0 atom stereocenters. The van der Waals surface area contributed by atoms with Crippen molar-refractivity contribution in [1.29, 1.82) is 0 Å². The van der Waals surface area contributed by atoms with E-state index < -0.39 is 36.0 Å². The molecule has 1 aliphatic rings. The Morgan fingerprint density at radius 3 is 2.22 bits per heavy atom. The highest BCUT2D eigenvalue weighted by Crippen LogP contribution is 2.46. The first-order valence-electron chi connectivity index (χ1n) is 12.5. The monoisotopic (exact) mass is 571 g/mol. The molecule has 2 N–H and O–H groups in total. The topological polar surface area (TPSA) is 84.9 Å². The SMILES string of the molecule is C=Cc1ccccc1/C(=C(\C)c1ccc(C)c2c1OCCO2)C(F)(F)F.Cc1cccc(F)c1C(=O)NCC(=O)O. The standard InChI is InChI=1S/C21H19F3O2.C10H10FNO3/c1-4-15-7-5-6-8-17(15)18(21(22,23)24)14(3)16-10-9-13(2)19-20(16)26-12-11-25-19;1-6-3-2-4-7(11)9(6)10(15)12-5-8(13)14/h4-10H,1,11-12H2,2-3H3;2-4H,5H2,1H3,(H,12,15)(H,13,14)/b18-14-;. The Kier molecular flexibility index (Phi) is 9.94. The number of carbonyl (C=O) groups is 2. The van der Waals surface area contributed by atoms with E-state index >= 15 is 0 Å². The minimum Gasteiger partial charge on any atom is -0.486 e. The Hall–Kier alpha value is -4.60. The second-order valence-corrected chi connectivity index (χ2v) is 9.08. The highest BCUT2D eigenvalue weighted by molar-refractivity contribution is 5.97. The van der Waals surface area contributed by atoms with Gasteiger partial charge in [-0.05, 0) is 54.7 Å². The maximum atomic E-state index is 14.0. The molecule has 0 fully saturated rings. The molecular weight excluding hydrogens is 542 g/mol. The van der Waals surface area contributed by atoms with Crippen LogP contribution in [0.4, 0.5) is 17.6 Å². The van der Waals surface area contributed by atoms with Crippen LogP contribution in [0.5, 0.6) is 11.5 Å². The highest BCUT2D eigenvalue weighted by atomic mass is 19.4. The summed E-state index contributed by atoms with van der Waals surface area (Å²) in [5.74, 6) is -1.67. The van der Waals surface area contributed by atoms with Gasteiger partial charge < -0.3 is 19.9 Å². The number of hydrogen-bond acceptors (Lipinski definition) is 4. The zero-order valence-electron chi connectivity index (χ0n) is 22.7. The summed E-state index contributed by atoms with van der Waals surface area (Å²) in [5, 5.41) is 10.4. The molecule has 0 radical (unpaired) electrons. The number of halogens is 4. The average molecular weight is 572 g/mol. The van der Waals surface area contributed by atoms with Crippen molar-refractivity contribution in [2.24, 2.45) is 0 Å². The molecule has 1 heterocycles. The molecule has 4 rings (SSSR count). The van der Waals surface area contributed by atoms with Crippen molar-refractivity contribution in [2.75, 3.05) is 19.8 Å². The number of benzene rings is 3. The zero-order valence-corrected chi connectivity index (χ0v) is 22.7. The number of ether oxygens (including phenoxy) is 2.